The molecule has 2 amide bonds. The number of aryl methyl sites for hydroxylation is 2. The summed E-state index contributed by atoms with van der Waals surface area (Å²) in [7, 11) is 1.75. The Morgan fingerprint density at radius 2 is 1.73 bits per heavy atom. The van der Waals surface area contributed by atoms with Crippen molar-refractivity contribution in [3.8, 4) is 5.82 Å². The number of carbonyl (C=O) groups is 2. The molecular weight excluding hydrogens is 751 g/mol. The number of piperazine rings is 1. The number of imide groups is 1. The number of amides is 2. The lowest BCUT2D eigenvalue weighted by Gasteiger charge is -2.36. The van der Waals surface area contributed by atoms with Crippen molar-refractivity contribution in [1.29, 1.82) is 0 Å². The van der Waals surface area contributed by atoms with Gasteiger partial charge < -0.3 is 15.3 Å². The molecular formula is C43H49N11O5. The normalized spacial score (nSPS) is 16.5. The minimum atomic E-state index is -1.18. The maximum Gasteiger partial charge on any atom is 0.329 e. The molecule has 4 aromatic heterocycles. The fraction of sp³-hybridized carbons (Fsp3) is 0.372. The van der Waals surface area contributed by atoms with Gasteiger partial charge in [-0.25, -0.2) is 24.1 Å². The molecule has 6 heterocycles. The zero-order valence-electron chi connectivity index (χ0n) is 33.6. The van der Waals surface area contributed by atoms with Crippen LogP contribution in [0.15, 0.2) is 89.1 Å². The SMILES string of the molecule is C=CCn1c(=O)c2cnc(Nc3ccc(N4CCN(CCCCc5cccc6c5n(C)c(=O)n6C5CCC(=O)NC5=O)CC4)cc3)nc2n1-c1cccc(C(C)(C)O)n1. The van der Waals surface area contributed by atoms with E-state index in [1.807, 2.05) is 24.3 Å². The number of hydrogen-bond donors (Lipinski definition) is 3. The van der Waals surface area contributed by atoms with E-state index >= 15 is 0 Å². The highest BCUT2D eigenvalue weighted by Gasteiger charge is 2.32. The van der Waals surface area contributed by atoms with E-state index in [0.29, 0.717) is 34.9 Å². The highest BCUT2D eigenvalue weighted by Crippen LogP contribution is 2.27. The van der Waals surface area contributed by atoms with Crippen LogP contribution in [0.1, 0.15) is 56.8 Å². The Balaban J connectivity index is 0.870. The lowest BCUT2D eigenvalue weighted by atomic mass is 10.0. The van der Waals surface area contributed by atoms with Crippen molar-refractivity contribution in [1.82, 2.24) is 43.7 Å². The van der Waals surface area contributed by atoms with Crippen LogP contribution in [0.5, 0.6) is 0 Å². The summed E-state index contributed by atoms with van der Waals surface area (Å²) in [5.74, 6) is 0.0428. The molecule has 8 rings (SSSR count). The number of para-hydroxylation sites is 1. The van der Waals surface area contributed by atoms with Gasteiger partial charge in [0.05, 0.1) is 23.3 Å². The average molecular weight is 800 g/mol. The van der Waals surface area contributed by atoms with Crippen LogP contribution in [0.25, 0.3) is 27.9 Å². The molecule has 3 N–H and O–H groups in total. The molecule has 16 nitrogen and oxygen atoms in total. The van der Waals surface area contributed by atoms with Gasteiger partial charge in [-0.2, -0.15) is 4.98 Å². The van der Waals surface area contributed by atoms with E-state index in [-0.39, 0.29) is 30.1 Å². The number of pyridine rings is 1. The molecule has 6 aromatic rings. The fourth-order valence-corrected chi connectivity index (χ4v) is 8.21. The third kappa shape index (κ3) is 7.80. The van der Waals surface area contributed by atoms with Gasteiger partial charge in [-0.05, 0) is 94.1 Å². The number of nitrogens with zero attached hydrogens (tertiary/aromatic N) is 9. The number of allylic oxidation sites excluding steroid dienone is 1. The minimum Gasteiger partial charge on any atom is -0.384 e. The Bertz CT molecular complexity index is 2680. The summed E-state index contributed by atoms with van der Waals surface area (Å²) in [6, 6.07) is 18.6. The first-order chi connectivity index (χ1) is 28.4. The Kier molecular flexibility index (Phi) is 10.8. The molecule has 2 fully saturated rings. The number of rotatable bonds is 13. The first-order valence-electron chi connectivity index (χ1n) is 20.1. The number of nitrogens with one attached hydrogen (secondary N) is 2. The van der Waals surface area contributed by atoms with Gasteiger partial charge in [-0.1, -0.05) is 24.3 Å². The third-order valence-corrected chi connectivity index (χ3v) is 11.3. The molecule has 0 spiro atoms. The largest absolute Gasteiger partial charge is 0.384 e. The zero-order valence-corrected chi connectivity index (χ0v) is 33.6. The lowest BCUT2D eigenvalue weighted by molar-refractivity contribution is -0.135. The predicted molar refractivity (Wildman–Crippen MR) is 226 cm³/mol. The lowest BCUT2D eigenvalue weighted by Crippen LogP contribution is -2.46. The van der Waals surface area contributed by atoms with Crippen molar-refractivity contribution >= 4 is 51.2 Å². The highest BCUT2D eigenvalue weighted by atomic mass is 16.3. The zero-order chi connectivity index (χ0) is 41.4. The van der Waals surface area contributed by atoms with Crippen molar-refractivity contribution in [3.05, 3.63) is 112 Å². The maximum atomic E-state index is 13.4. The molecule has 0 bridgehead atoms. The number of piperidine rings is 1. The van der Waals surface area contributed by atoms with Crippen molar-refractivity contribution in [2.45, 2.75) is 64.1 Å². The molecule has 0 saturated carbocycles. The van der Waals surface area contributed by atoms with Crippen LogP contribution in [0.3, 0.4) is 0 Å². The Hall–Kier alpha value is -6.39. The van der Waals surface area contributed by atoms with E-state index in [9.17, 15) is 24.3 Å². The molecule has 1 atom stereocenters. The number of carbonyl (C=O) groups excluding carboxylic acids is 2. The first kappa shape index (κ1) is 39.4. The molecule has 59 heavy (non-hydrogen) atoms. The summed E-state index contributed by atoms with van der Waals surface area (Å²) in [5, 5.41) is 16.6. The van der Waals surface area contributed by atoms with Crippen molar-refractivity contribution in [3.63, 3.8) is 0 Å². The number of anilines is 3. The standard InChI is InChI=1S/C43H49N11O5/c1-5-21-52-40(57)31-27-44-41(48-38(31)54(52)35-14-9-13-34(46-35)43(2,3)59)45-29-15-17-30(18-16-29)51-25-23-50(24-26-51)22-7-6-10-28-11-8-12-32-37(28)49(4)42(58)53(32)33-19-20-36(55)47-39(33)56/h5,8-9,11-18,27,33,59H,1,6-7,10,19-26H2,2-4H3,(H,44,45,48)(H,47,55,56). The second-order valence-electron chi connectivity index (χ2n) is 15.8. The monoisotopic (exact) mass is 799 g/mol. The van der Waals surface area contributed by atoms with Gasteiger partial charge in [-0.3, -0.25) is 33.7 Å². The van der Waals surface area contributed by atoms with E-state index in [1.165, 1.54) is 10.9 Å². The molecule has 1 unspecified atom stereocenters. The quantitative estimate of drug-likeness (QED) is 0.0877. The molecule has 306 valence electrons. The van der Waals surface area contributed by atoms with Crippen LogP contribution < -0.4 is 26.8 Å². The van der Waals surface area contributed by atoms with Gasteiger partial charge in [0.25, 0.3) is 5.56 Å². The third-order valence-electron chi connectivity index (χ3n) is 11.3. The smallest absolute Gasteiger partial charge is 0.329 e. The summed E-state index contributed by atoms with van der Waals surface area (Å²) in [6.07, 6.45) is 6.49. The summed E-state index contributed by atoms with van der Waals surface area (Å²) >= 11 is 0. The topological polar surface area (TPSA) is 177 Å². The van der Waals surface area contributed by atoms with Gasteiger partial charge in [0.1, 0.15) is 17.0 Å². The van der Waals surface area contributed by atoms with Crippen molar-refractivity contribution in [2.75, 3.05) is 42.9 Å². The number of aliphatic hydroxyl groups is 1. The van der Waals surface area contributed by atoms with Crippen molar-refractivity contribution < 1.29 is 14.7 Å². The van der Waals surface area contributed by atoms with Crippen LogP contribution in [0.2, 0.25) is 0 Å². The predicted octanol–water partition coefficient (Wildman–Crippen LogP) is 3.91. The van der Waals surface area contributed by atoms with Crippen LogP contribution in [-0.4, -0.2) is 88.0 Å². The maximum absolute atomic E-state index is 13.4. The van der Waals surface area contributed by atoms with Gasteiger partial charge >= 0.3 is 5.69 Å². The van der Waals surface area contributed by atoms with E-state index in [2.05, 4.69) is 55.2 Å². The number of unbranched alkanes of at least 4 members (excludes halogenated alkanes) is 1. The van der Waals surface area contributed by atoms with Gasteiger partial charge in [0.15, 0.2) is 11.5 Å². The number of benzene rings is 2. The van der Waals surface area contributed by atoms with Gasteiger partial charge in [0.2, 0.25) is 17.8 Å². The Morgan fingerprint density at radius 1 is 0.966 bits per heavy atom. The second kappa shape index (κ2) is 16.1. The summed E-state index contributed by atoms with van der Waals surface area (Å²) in [5.41, 5.74) is 3.74. The molecule has 2 saturated heterocycles. The number of hydrogen-bond acceptors (Lipinski definition) is 11. The average Bonchev–Trinajstić information content (AvgIpc) is 3.64. The number of aromatic nitrogens is 7. The summed E-state index contributed by atoms with van der Waals surface area (Å²) in [4.78, 5) is 69.8. The van der Waals surface area contributed by atoms with Crippen LogP contribution in [-0.2, 0) is 35.2 Å². The summed E-state index contributed by atoms with van der Waals surface area (Å²) in [6.45, 7) is 12.1. The van der Waals surface area contributed by atoms with E-state index < -0.39 is 17.6 Å². The van der Waals surface area contributed by atoms with E-state index in [0.717, 1.165) is 80.0 Å². The molecule has 2 aliphatic rings. The van der Waals surface area contributed by atoms with Crippen molar-refractivity contribution in [2.24, 2.45) is 7.05 Å². The Labute approximate surface area is 340 Å². The van der Waals surface area contributed by atoms with Crippen LogP contribution in [0, 0.1) is 0 Å². The molecule has 2 aromatic carbocycles. The van der Waals surface area contributed by atoms with Gasteiger partial charge in [0, 0.05) is 57.2 Å². The molecule has 0 aliphatic carbocycles. The van der Waals surface area contributed by atoms with Gasteiger partial charge in [-0.15, -0.1) is 6.58 Å². The second-order valence-corrected chi connectivity index (χ2v) is 15.8. The van der Waals surface area contributed by atoms with E-state index in [1.54, 1.807) is 59.0 Å². The first-order valence-corrected chi connectivity index (χ1v) is 20.1. The number of imidazole rings is 1. The molecule has 2 aliphatic heterocycles. The number of fused-ring (bicyclic) bond motifs is 2. The molecule has 16 heteroatoms. The highest BCUT2D eigenvalue weighted by molar-refractivity contribution is 6.00. The minimum absolute atomic E-state index is 0.215. The summed E-state index contributed by atoms with van der Waals surface area (Å²) < 4.78 is 6.32. The van der Waals surface area contributed by atoms with E-state index in [4.69, 9.17) is 4.98 Å². The Morgan fingerprint density at radius 3 is 2.46 bits per heavy atom. The molecule has 0 radical (unpaired) electrons. The van der Waals surface area contributed by atoms with Crippen LogP contribution in [0.4, 0.5) is 17.3 Å². The fourth-order valence-electron chi connectivity index (χ4n) is 8.21. The van der Waals surface area contributed by atoms with Crippen LogP contribution >= 0.6 is 0 Å².